The Hall–Kier alpha value is -2.35. The standard InChI is InChI=1S/C26H30ClNO5S/c1-25(2,3)33-24(29)28-22-12-11-18(27)15-21(22)20-13-17(14-23(20)28)26(4,16-32-5)34(30,31)19-9-7-6-8-10-19/h6-12,15,17H,13-14,16H2,1-5H3. The van der Waals surface area contributed by atoms with Crippen LogP contribution in [-0.2, 0) is 32.2 Å². The lowest BCUT2D eigenvalue weighted by atomic mass is 9.90. The molecule has 1 aliphatic rings. The minimum atomic E-state index is -3.74. The lowest BCUT2D eigenvalue weighted by Crippen LogP contribution is -2.47. The predicted molar refractivity (Wildman–Crippen MR) is 133 cm³/mol. The second kappa shape index (κ2) is 8.70. The molecule has 4 rings (SSSR count). The number of hydrogen-bond acceptors (Lipinski definition) is 5. The van der Waals surface area contributed by atoms with Crippen molar-refractivity contribution >= 4 is 38.4 Å². The molecule has 1 heterocycles. The Kier molecular flexibility index (Phi) is 6.34. The minimum absolute atomic E-state index is 0.0320. The number of benzene rings is 2. The highest BCUT2D eigenvalue weighted by Crippen LogP contribution is 2.45. The van der Waals surface area contributed by atoms with E-state index in [-0.39, 0.29) is 17.4 Å². The molecule has 1 aromatic heterocycles. The van der Waals surface area contributed by atoms with Gasteiger partial charge in [0.1, 0.15) is 10.3 Å². The van der Waals surface area contributed by atoms with Crippen molar-refractivity contribution in [2.75, 3.05) is 13.7 Å². The number of methoxy groups -OCH3 is 1. The molecule has 2 atom stereocenters. The molecule has 0 N–H and O–H groups in total. The molecular formula is C26H30ClNO5S. The van der Waals surface area contributed by atoms with Crippen LogP contribution in [0, 0.1) is 5.92 Å². The molecule has 182 valence electrons. The van der Waals surface area contributed by atoms with Crippen LogP contribution in [-0.4, -0.2) is 43.1 Å². The summed E-state index contributed by atoms with van der Waals surface area (Å²) in [6.45, 7) is 7.22. The molecule has 0 saturated heterocycles. The Morgan fingerprint density at radius 3 is 2.38 bits per heavy atom. The van der Waals surface area contributed by atoms with E-state index in [1.807, 2.05) is 32.9 Å². The summed E-state index contributed by atoms with van der Waals surface area (Å²) in [7, 11) is -2.23. The average Bonchev–Trinajstić information content (AvgIpc) is 3.31. The van der Waals surface area contributed by atoms with E-state index >= 15 is 0 Å². The van der Waals surface area contributed by atoms with Gasteiger partial charge in [0.2, 0.25) is 0 Å². The van der Waals surface area contributed by atoms with Crippen molar-refractivity contribution in [3.05, 3.63) is 64.8 Å². The number of carbonyl (C=O) groups excluding carboxylic acids is 1. The summed E-state index contributed by atoms with van der Waals surface area (Å²) in [5.74, 6) is -0.306. The Morgan fingerprint density at radius 1 is 1.09 bits per heavy atom. The molecule has 6 nitrogen and oxygen atoms in total. The molecule has 8 heteroatoms. The van der Waals surface area contributed by atoms with Crippen LogP contribution in [0.3, 0.4) is 0 Å². The summed E-state index contributed by atoms with van der Waals surface area (Å²) in [4.78, 5) is 13.5. The lowest BCUT2D eigenvalue weighted by Gasteiger charge is -2.34. The first kappa shape index (κ1) is 24.8. The molecule has 1 aliphatic carbocycles. The molecule has 0 saturated carbocycles. The maximum Gasteiger partial charge on any atom is 0.419 e. The number of hydrogen-bond donors (Lipinski definition) is 0. The Bertz CT molecular complexity index is 1340. The van der Waals surface area contributed by atoms with Crippen molar-refractivity contribution in [1.29, 1.82) is 0 Å². The summed E-state index contributed by atoms with van der Waals surface area (Å²) in [6.07, 6.45) is 0.391. The fraction of sp³-hybridized carbons (Fsp3) is 0.423. The number of fused-ring (bicyclic) bond motifs is 3. The zero-order valence-electron chi connectivity index (χ0n) is 20.1. The van der Waals surface area contributed by atoms with Crippen molar-refractivity contribution in [3.63, 3.8) is 0 Å². The molecule has 0 radical (unpaired) electrons. The van der Waals surface area contributed by atoms with Gasteiger partial charge in [-0.25, -0.2) is 17.8 Å². The molecule has 2 unspecified atom stereocenters. The zero-order valence-corrected chi connectivity index (χ0v) is 21.7. The first-order valence-electron chi connectivity index (χ1n) is 11.2. The number of nitrogens with zero attached hydrogens (tertiary/aromatic N) is 1. The molecule has 2 aromatic carbocycles. The van der Waals surface area contributed by atoms with Gasteiger partial charge in [0.25, 0.3) is 0 Å². The van der Waals surface area contributed by atoms with Gasteiger partial charge >= 0.3 is 6.09 Å². The molecule has 0 amide bonds. The second-order valence-electron chi connectivity index (χ2n) is 10.1. The molecule has 3 aromatic rings. The smallest absolute Gasteiger partial charge is 0.419 e. The van der Waals surface area contributed by atoms with Gasteiger partial charge in [0.15, 0.2) is 9.84 Å². The van der Waals surface area contributed by atoms with E-state index in [1.165, 1.54) is 7.11 Å². The van der Waals surface area contributed by atoms with Crippen molar-refractivity contribution in [2.24, 2.45) is 5.92 Å². The summed E-state index contributed by atoms with van der Waals surface area (Å²) < 4.78 is 39.2. The quantitative estimate of drug-likeness (QED) is 0.448. The molecule has 0 bridgehead atoms. The van der Waals surface area contributed by atoms with Gasteiger partial charge in [0, 0.05) is 23.2 Å². The third kappa shape index (κ3) is 4.14. The van der Waals surface area contributed by atoms with E-state index in [4.69, 9.17) is 21.1 Å². The van der Waals surface area contributed by atoms with Crippen LogP contribution >= 0.6 is 11.6 Å². The predicted octanol–water partition coefficient (Wildman–Crippen LogP) is 5.67. The van der Waals surface area contributed by atoms with Crippen LogP contribution in [0.5, 0.6) is 0 Å². The zero-order chi connectivity index (χ0) is 24.9. The van der Waals surface area contributed by atoms with E-state index in [0.29, 0.717) is 23.4 Å². The summed E-state index contributed by atoms with van der Waals surface area (Å²) in [6, 6.07) is 13.8. The maximum atomic E-state index is 13.8. The highest BCUT2D eigenvalue weighted by atomic mass is 35.5. The molecule has 0 aliphatic heterocycles. The van der Waals surface area contributed by atoms with E-state index in [2.05, 4.69) is 0 Å². The van der Waals surface area contributed by atoms with E-state index < -0.39 is 26.3 Å². The van der Waals surface area contributed by atoms with Gasteiger partial charge in [-0.05, 0) is 82.3 Å². The Labute approximate surface area is 205 Å². The van der Waals surface area contributed by atoms with Gasteiger partial charge in [0.05, 0.1) is 17.0 Å². The number of halogens is 1. The van der Waals surface area contributed by atoms with Crippen molar-refractivity contribution in [1.82, 2.24) is 4.57 Å². The van der Waals surface area contributed by atoms with Crippen molar-refractivity contribution < 1.29 is 22.7 Å². The fourth-order valence-electron chi connectivity index (χ4n) is 4.89. The van der Waals surface area contributed by atoms with Gasteiger partial charge in [-0.1, -0.05) is 29.8 Å². The Morgan fingerprint density at radius 2 is 1.76 bits per heavy atom. The normalized spacial score (nSPS) is 18.0. The molecular weight excluding hydrogens is 474 g/mol. The molecule has 0 fully saturated rings. The van der Waals surface area contributed by atoms with Crippen molar-refractivity contribution in [3.8, 4) is 0 Å². The van der Waals surface area contributed by atoms with E-state index in [1.54, 1.807) is 47.9 Å². The van der Waals surface area contributed by atoms with Crippen molar-refractivity contribution in [2.45, 2.75) is 55.8 Å². The van der Waals surface area contributed by atoms with Crippen LogP contribution in [0.15, 0.2) is 53.4 Å². The molecule has 0 spiro atoms. The average molecular weight is 504 g/mol. The highest BCUT2D eigenvalue weighted by Gasteiger charge is 2.50. The summed E-state index contributed by atoms with van der Waals surface area (Å²) in [5, 5.41) is 1.39. The van der Waals surface area contributed by atoms with Gasteiger partial charge in [-0.2, -0.15) is 0 Å². The van der Waals surface area contributed by atoms with E-state index in [0.717, 1.165) is 16.6 Å². The fourth-order valence-corrected chi connectivity index (χ4v) is 7.00. The van der Waals surface area contributed by atoms with Crippen LogP contribution < -0.4 is 0 Å². The third-order valence-corrected chi connectivity index (χ3v) is 9.38. The number of aromatic nitrogens is 1. The molecule has 34 heavy (non-hydrogen) atoms. The third-order valence-electron chi connectivity index (χ3n) is 6.57. The van der Waals surface area contributed by atoms with Gasteiger partial charge < -0.3 is 9.47 Å². The monoisotopic (exact) mass is 503 g/mol. The minimum Gasteiger partial charge on any atom is -0.443 e. The summed E-state index contributed by atoms with van der Waals surface area (Å²) in [5.41, 5.74) is 1.73. The van der Waals surface area contributed by atoms with Crippen LogP contribution in [0.2, 0.25) is 5.02 Å². The van der Waals surface area contributed by atoms with Gasteiger partial charge in [-0.15, -0.1) is 0 Å². The SMILES string of the molecule is COCC(C)(C1Cc2c(n(C(=O)OC(C)(C)C)c3ccc(Cl)cc23)C1)S(=O)(=O)c1ccccc1. The lowest BCUT2D eigenvalue weighted by molar-refractivity contribution is 0.0539. The Balaban J connectivity index is 1.83. The largest absolute Gasteiger partial charge is 0.443 e. The topological polar surface area (TPSA) is 74.6 Å². The number of rotatable bonds is 5. The summed E-state index contributed by atoms with van der Waals surface area (Å²) >= 11 is 6.30. The number of carbonyl (C=O) groups is 1. The van der Waals surface area contributed by atoms with Crippen LogP contribution in [0.25, 0.3) is 10.9 Å². The first-order valence-corrected chi connectivity index (χ1v) is 13.1. The van der Waals surface area contributed by atoms with E-state index in [9.17, 15) is 13.2 Å². The maximum absolute atomic E-state index is 13.8. The number of sulfone groups is 1. The first-order chi connectivity index (χ1) is 15.9. The van der Waals surface area contributed by atoms with Crippen LogP contribution in [0.1, 0.15) is 39.0 Å². The number of ether oxygens (including phenoxy) is 2. The van der Waals surface area contributed by atoms with Gasteiger partial charge in [-0.3, -0.25) is 0 Å². The second-order valence-corrected chi connectivity index (χ2v) is 12.9. The highest BCUT2D eigenvalue weighted by molar-refractivity contribution is 7.92. The van der Waals surface area contributed by atoms with Crippen LogP contribution in [0.4, 0.5) is 4.79 Å².